The topological polar surface area (TPSA) is 32.8 Å². The van der Waals surface area contributed by atoms with Gasteiger partial charge in [-0.1, -0.05) is 206 Å². The molecule has 0 radical (unpaired) electrons. The van der Waals surface area contributed by atoms with Crippen LogP contribution in [-0.4, -0.2) is 54.4 Å². The smallest absolute Gasteiger partial charge is 0.242 e. The number of nitrogens with zero attached hydrogens (tertiary/aromatic N) is 2. The Morgan fingerprint density at radius 1 is 0.510 bits per heavy atom. The molecule has 1 saturated heterocycles. The summed E-state index contributed by atoms with van der Waals surface area (Å²) in [6, 6.07) is 0. The van der Waals surface area contributed by atoms with E-state index >= 15 is 0 Å². The zero-order valence-corrected chi connectivity index (χ0v) is 36.8. The number of hydrogen-bond acceptors (Lipinski definition) is 4. The molecule has 0 spiro atoms. The van der Waals surface area contributed by atoms with Crippen molar-refractivity contribution >= 4 is 34.7 Å². The van der Waals surface area contributed by atoms with Crippen molar-refractivity contribution in [1.82, 2.24) is 9.80 Å². The van der Waals surface area contributed by atoms with E-state index in [0.717, 1.165) is 25.4 Å². The van der Waals surface area contributed by atoms with Crippen molar-refractivity contribution < 1.29 is 9.53 Å². The largest absolute Gasteiger partial charge is 0.378 e. The quantitative estimate of drug-likeness (QED) is 0.0591. The number of carbonyl (C=O) groups is 1. The minimum Gasteiger partial charge on any atom is -0.378 e. The number of morpholine rings is 1. The number of rotatable bonds is 36. The van der Waals surface area contributed by atoms with Crippen molar-refractivity contribution in [3.63, 3.8) is 0 Å². The van der Waals surface area contributed by atoms with E-state index in [1.165, 1.54) is 218 Å². The molecule has 0 atom stereocenters. The standard InChI is InChI=1S/C45H86N2O2S.BrH/c1-3-5-7-9-11-13-15-17-19-21-23-25-27-29-31-33-35-43-44(50-42-47(43)41-45(48)46-37-39-49-40-38-46)36-34-32-30-28-26-24-22-20-18-16-14-12-10-8-6-4-2;/h3-42H2,1-2H3;1H. The third kappa shape index (κ3) is 27.1. The second-order valence-corrected chi connectivity index (χ2v) is 17.0. The number of unbranched alkanes of at least 4 members (excludes halogenated alkanes) is 30. The lowest BCUT2D eigenvalue weighted by Gasteiger charge is -2.30. The van der Waals surface area contributed by atoms with Crippen LogP contribution in [0.25, 0.3) is 0 Å². The molecule has 0 aliphatic carbocycles. The highest BCUT2D eigenvalue weighted by Crippen LogP contribution is 2.38. The molecule has 1 amide bonds. The minimum absolute atomic E-state index is 0. The van der Waals surface area contributed by atoms with Gasteiger partial charge in [0.05, 0.1) is 25.6 Å². The zero-order chi connectivity index (χ0) is 35.6. The Hall–Kier alpha value is -0.200. The number of halogens is 1. The second-order valence-electron chi connectivity index (χ2n) is 15.9. The summed E-state index contributed by atoms with van der Waals surface area (Å²) >= 11 is 2.03. The maximum atomic E-state index is 13.1. The van der Waals surface area contributed by atoms with Crippen molar-refractivity contribution in [2.24, 2.45) is 0 Å². The molecule has 0 N–H and O–H groups in total. The summed E-state index contributed by atoms with van der Waals surface area (Å²) in [5.41, 5.74) is 1.52. The minimum atomic E-state index is 0. The van der Waals surface area contributed by atoms with Gasteiger partial charge in [-0.2, -0.15) is 0 Å². The molecule has 2 rings (SSSR count). The number of amides is 1. The fourth-order valence-corrected chi connectivity index (χ4v) is 9.14. The molecule has 0 unspecified atom stereocenters. The molecule has 6 heteroatoms. The van der Waals surface area contributed by atoms with Crippen molar-refractivity contribution in [3.05, 3.63) is 10.6 Å². The summed E-state index contributed by atoms with van der Waals surface area (Å²) in [6.07, 6.45) is 47.8. The maximum Gasteiger partial charge on any atom is 0.242 e. The Morgan fingerprint density at radius 2 is 0.843 bits per heavy atom. The van der Waals surface area contributed by atoms with Crippen molar-refractivity contribution in [1.29, 1.82) is 0 Å². The highest BCUT2D eigenvalue weighted by molar-refractivity contribution is 8.93. The molecule has 0 aromatic carbocycles. The van der Waals surface area contributed by atoms with Gasteiger partial charge >= 0.3 is 0 Å². The van der Waals surface area contributed by atoms with E-state index in [-0.39, 0.29) is 17.0 Å². The van der Waals surface area contributed by atoms with E-state index in [1.54, 1.807) is 4.91 Å². The molecule has 2 heterocycles. The maximum absolute atomic E-state index is 13.1. The first-order chi connectivity index (χ1) is 24.8. The lowest BCUT2D eigenvalue weighted by molar-refractivity contribution is -0.135. The predicted molar refractivity (Wildman–Crippen MR) is 232 cm³/mol. The summed E-state index contributed by atoms with van der Waals surface area (Å²) in [6.45, 7) is 8.05. The molecule has 51 heavy (non-hydrogen) atoms. The molecule has 0 saturated carbocycles. The lowest BCUT2D eigenvalue weighted by atomic mass is 10.0. The number of thioether (sulfide) groups is 1. The van der Waals surface area contributed by atoms with Gasteiger partial charge in [0, 0.05) is 23.7 Å². The van der Waals surface area contributed by atoms with Crippen LogP contribution in [0.4, 0.5) is 0 Å². The van der Waals surface area contributed by atoms with Crippen LogP contribution in [0.15, 0.2) is 10.6 Å². The summed E-state index contributed by atoms with van der Waals surface area (Å²) in [7, 11) is 0. The highest BCUT2D eigenvalue weighted by Gasteiger charge is 2.26. The molecule has 2 aliphatic rings. The predicted octanol–water partition coefficient (Wildman–Crippen LogP) is 14.9. The SMILES string of the molecule is Br.CCCCCCCCCCCCCCCCCCC1=C(CCCCCCCCCCCCCCCCCC)N(CC(=O)N2CCOCC2)CS1. The molecule has 2 aliphatic heterocycles. The Balaban J connectivity index is 0.0000130. The second kappa shape index (κ2) is 36.8. The van der Waals surface area contributed by atoms with Crippen LogP contribution in [0.5, 0.6) is 0 Å². The first-order valence-electron chi connectivity index (χ1n) is 22.7. The van der Waals surface area contributed by atoms with Crippen LogP contribution >= 0.6 is 28.7 Å². The van der Waals surface area contributed by atoms with Gasteiger partial charge in [0.25, 0.3) is 0 Å². The molecular weight excluding hydrogens is 712 g/mol. The molecule has 0 bridgehead atoms. The van der Waals surface area contributed by atoms with Gasteiger partial charge in [-0.05, 0) is 25.7 Å². The van der Waals surface area contributed by atoms with E-state index < -0.39 is 0 Å². The molecular formula is C45H87BrN2O2S. The fraction of sp³-hybridized carbons (Fsp3) is 0.933. The van der Waals surface area contributed by atoms with E-state index in [1.807, 2.05) is 16.7 Å². The summed E-state index contributed by atoms with van der Waals surface area (Å²) in [5.74, 6) is 1.26. The van der Waals surface area contributed by atoms with E-state index in [9.17, 15) is 4.79 Å². The Labute approximate surface area is 334 Å². The van der Waals surface area contributed by atoms with Crippen LogP contribution < -0.4 is 0 Å². The van der Waals surface area contributed by atoms with Gasteiger partial charge in [-0.25, -0.2) is 0 Å². The fourth-order valence-electron chi connectivity index (χ4n) is 7.90. The Morgan fingerprint density at radius 3 is 1.22 bits per heavy atom. The van der Waals surface area contributed by atoms with Crippen LogP contribution in [0.2, 0.25) is 0 Å². The highest BCUT2D eigenvalue weighted by atomic mass is 79.9. The monoisotopic (exact) mass is 799 g/mol. The van der Waals surface area contributed by atoms with Gasteiger partial charge in [-0.15, -0.1) is 28.7 Å². The van der Waals surface area contributed by atoms with Crippen molar-refractivity contribution in [2.75, 3.05) is 38.7 Å². The van der Waals surface area contributed by atoms with Crippen LogP contribution in [-0.2, 0) is 9.53 Å². The number of carbonyl (C=O) groups excluding carboxylic acids is 1. The lowest BCUT2D eigenvalue weighted by Crippen LogP contribution is -2.45. The van der Waals surface area contributed by atoms with Crippen LogP contribution in [0.3, 0.4) is 0 Å². The summed E-state index contributed by atoms with van der Waals surface area (Å²) < 4.78 is 5.50. The molecule has 0 aromatic rings. The van der Waals surface area contributed by atoms with E-state index in [0.29, 0.717) is 25.7 Å². The number of hydrogen-bond donors (Lipinski definition) is 0. The third-order valence-electron chi connectivity index (χ3n) is 11.3. The average molecular weight is 800 g/mol. The number of allylic oxidation sites excluding steroid dienone is 2. The third-order valence-corrected chi connectivity index (χ3v) is 12.5. The van der Waals surface area contributed by atoms with Crippen LogP contribution in [0, 0.1) is 0 Å². The Bertz CT molecular complexity index is 803. The van der Waals surface area contributed by atoms with Gasteiger partial charge in [0.15, 0.2) is 0 Å². The summed E-state index contributed by atoms with van der Waals surface area (Å²) in [5, 5.41) is 0. The molecule has 302 valence electrons. The van der Waals surface area contributed by atoms with Crippen LogP contribution in [0.1, 0.15) is 232 Å². The number of ether oxygens (including phenoxy) is 1. The van der Waals surface area contributed by atoms with E-state index in [2.05, 4.69) is 18.7 Å². The van der Waals surface area contributed by atoms with Gasteiger partial charge in [0.1, 0.15) is 0 Å². The first kappa shape index (κ1) is 48.8. The first-order valence-corrected chi connectivity index (χ1v) is 23.7. The molecule has 1 fully saturated rings. The van der Waals surface area contributed by atoms with Gasteiger partial charge in [0.2, 0.25) is 5.91 Å². The van der Waals surface area contributed by atoms with Crippen molar-refractivity contribution in [3.8, 4) is 0 Å². The Kier molecular flexibility index (Phi) is 35.2. The van der Waals surface area contributed by atoms with Gasteiger partial charge in [-0.3, -0.25) is 4.79 Å². The van der Waals surface area contributed by atoms with Crippen molar-refractivity contribution in [2.45, 2.75) is 232 Å². The normalized spacial score (nSPS) is 14.9. The molecule has 4 nitrogen and oxygen atoms in total. The summed E-state index contributed by atoms with van der Waals surface area (Å²) in [4.78, 5) is 19.2. The van der Waals surface area contributed by atoms with Gasteiger partial charge < -0.3 is 14.5 Å². The molecule has 0 aromatic heterocycles. The zero-order valence-electron chi connectivity index (χ0n) is 34.3. The van der Waals surface area contributed by atoms with E-state index in [4.69, 9.17) is 4.74 Å². The average Bonchev–Trinajstić information content (AvgIpc) is 3.51.